The number of rotatable bonds is 4. The topological polar surface area (TPSA) is 36.4 Å². The zero-order chi connectivity index (χ0) is 11.9. The van der Waals surface area contributed by atoms with Gasteiger partial charge in [0.1, 0.15) is 0 Å². The van der Waals surface area contributed by atoms with Gasteiger partial charge < -0.3 is 5.53 Å². The lowest BCUT2D eigenvalue weighted by Crippen LogP contribution is -2.08. The Morgan fingerprint density at radius 3 is 1.53 bits per heavy atom. The summed E-state index contributed by atoms with van der Waals surface area (Å²) in [5.74, 6) is 0. The predicted molar refractivity (Wildman–Crippen MR) is 68.9 cm³/mol. The molecule has 0 aliphatic carbocycles. The Hall–Kier alpha value is -2.18. The van der Waals surface area contributed by atoms with Crippen molar-refractivity contribution >= 4 is 5.71 Å². The zero-order valence-electron chi connectivity index (χ0n) is 9.58. The molecule has 2 aromatic carbocycles. The van der Waals surface area contributed by atoms with Crippen LogP contribution in [0.25, 0.3) is 5.53 Å². The van der Waals surface area contributed by atoms with Crippen LogP contribution in [0.15, 0.2) is 60.7 Å². The van der Waals surface area contributed by atoms with Crippen LogP contribution in [0.2, 0.25) is 0 Å². The van der Waals surface area contributed by atoms with Gasteiger partial charge in [0.05, 0.1) is 12.8 Å². The van der Waals surface area contributed by atoms with E-state index in [1.54, 1.807) is 0 Å². The molecule has 0 aliphatic heterocycles. The van der Waals surface area contributed by atoms with E-state index < -0.39 is 0 Å². The molecule has 0 atom stereocenters. The van der Waals surface area contributed by atoms with E-state index in [-0.39, 0.29) is 0 Å². The molecule has 0 aromatic heterocycles. The minimum absolute atomic E-state index is 0.687. The maximum atomic E-state index is 9.04. The SMILES string of the molecule is [N-]=[N+]=C(Cc1ccccc1)Cc1ccccc1. The van der Waals surface area contributed by atoms with Gasteiger partial charge in [-0.15, -0.1) is 0 Å². The van der Waals surface area contributed by atoms with Crippen LogP contribution in [-0.2, 0) is 12.8 Å². The van der Waals surface area contributed by atoms with Crippen LogP contribution < -0.4 is 0 Å². The zero-order valence-corrected chi connectivity index (χ0v) is 9.58. The van der Waals surface area contributed by atoms with Crippen LogP contribution in [0, 0.1) is 0 Å². The lowest BCUT2D eigenvalue weighted by Gasteiger charge is -1.98. The third-order valence-electron chi connectivity index (χ3n) is 2.64. The van der Waals surface area contributed by atoms with Crippen molar-refractivity contribution < 1.29 is 4.79 Å². The Morgan fingerprint density at radius 1 is 0.765 bits per heavy atom. The third-order valence-corrected chi connectivity index (χ3v) is 2.64. The highest BCUT2D eigenvalue weighted by Gasteiger charge is 2.10. The van der Waals surface area contributed by atoms with E-state index in [9.17, 15) is 0 Å². The average Bonchev–Trinajstić information content (AvgIpc) is 2.40. The minimum atomic E-state index is 0.687. The highest BCUT2D eigenvalue weighted by Crippen LogP contribution is 2.05. The fraction of sp³-hybridized carbons (Fsp3) is 0.133. The molecule has 0 saturated heterocycles. The summed E-state index contributed by atoms with van der Waals surface area (Å²) in [6.45, 7) is 0. The highest BCUT2D eigenvalue weighted by atomic mass is 14.9. The molecule has 2 aromatic rings. The van der Waals surface area contributed by atoms with Crippen molar-refractivity contribution in [2.24, 2.45) is 0 Å². The summed E-state index contributed by atoms with van der Waals surface area (Å²) in [5, 5.41) is 0. The maximum absolute atomic E-state index is 9.04. The molecule has 84 valence electrons. The van der Waals surface area contributed by atoms with Crippen LogP contribution in [0.4, 0.5) is 0 Å². The van der Waals surface area contributed by atoms with E-state index in [1.165, 1.54) is 0 Å². The minimum Gasteiger partial charge on any atom is -0.362 e. The first-order valence-corrected chi connectivity index (χ1v) is 5.66. The van der Waals surface area contributed by atoms with E-state index in [4.69, 9.17) is 5.53 Å². The summed E-state index contributed by atoms with van der Waals surface area (Å²) in [5.41, 5.74) is 12.1. The summed E-state index contributed by atoms with van der Waals surface area (Å²) in [4.78, 5) is 3.40. The molecule has 2 nitrogen and oxygen atoms in total. The van der Waals surface area contributed by atoms with Gasteiger partial charge in [-0.2, -0.15) is 4.79 Å². The first kappa shape index (κ1) is 11.3. The Balaban J connectivity index is 2.07. The number of benzene rings is 2. The molecular weight excluding hydrogens is 208 g/mol. The van der Waals surface area contributed by atoms with Crippen molar-refractivity contribution in [3.05, 3.63) is 77.3 Å². The fourth-order valence-corrected chi connectivity index (χ4v) is 1.80. The first-order valence-electron chi connectivity index (χ1n) is 5.66. The van der Waals surface area contributed by atoms with Crippen molar-refractivity contribution in [2.75, 3.05) is 0 Å². The Bertz CT molecular complexity index is 468. The molecule has 2 rings (SSSR count). The number of hydrogen-bond acceptors (Lipinski definition) is 0. The lowest BCUT2D eigenvalue weighted by atomic mass is 10.0. The van der Waals surface area contributed by atoms with Gasteiger partial charge in [0, 0.05) is 0 Å². The molecule has 0 amide bonds. The van der Waals surface area contributed by atoms with Gasteiger partial charge in [-0.3, -0.25) is 0 Å². The van der Waals surface area contributed by atoms with Crippen molar-refractivity contribution in [1.82, 2.24) is 0 Å². The van der Waals surface area contributed by atoms with Crippen molar-refractivity contribution in [3.8, 4) is 0 Å². The van der Waals surface area contributed by atoms with Crippen molar-refractivity contribution in [3.63, 3.8) is 0 Å². The summed E-state index contributed by atoms with van der Waals surface area (Å²) >= 11 is 0. The van der Waals surface area contributed by atoms with E-state index in [0.29, 0.717) is 12.8 Å². The van der Waals surface area contributed by atoms with Gasteiger partial charge in [0.25, 0.3) is 5.71 Å². The molecule has 0 fully saturated rings. The van der Waals surface area contributed by atoms with Gasteiger partial charge >= 0.3 is 0 Å². The van der Waals surface area contributed by atoms with Crippen LogP contribution in [0.1, 0.15) is 11.1 Å². The van der Waals surface area contributed by atoms with E-state index in [1.807, 2.05) is 60.7 Å². The van der Waals surface area contributed by atoms with Gasteiger partial charge in [0.15, 0.2) is 0 Å². The monoisotopic (exact) mass is 222 g/mol. The second-order valence-corrected chi connectivity index (χ2v) is 3.99. The summed E-state index contributed by atoms with van der Waals surface area (Å²) < 4.78 is 0. The van der Waals surface area contributed by atoms with Gasteiger partial charge in [-0.25, -0.2) is 0 Å². The van der Waals surface area contributed by atoms with Gasteiger partial charge in [0.2, 0.25) is 0 Å². The van der Waals surface area contributed by atoms with Crippen molar-refractivity contribution in [2.45, 2.75) is 12.8 Å². The molecule has 0 aliphatic rings. The standard InChI is InChI=1S/C15H14N2/c16-17-15(11-13-7-3-1-4-8-13)12-14-9-5-2-6-10-14/h1-10H,11-12H2. The molecule has 0 saturated carbocycles. The molecule has 0 unspecified atom stereocenters. The van der Waals surface area contributed by atoms with Crippen LogP contribution in [-0.4, -0.2) is 10.5 Å². The van der Waals surface area contributed by atoms with Gasteiger partial charge in [-0.1, -0.05) is 60.7 Å². The molecular formula is C15H14N2. The normalized spacial score (nSPS) is 9.65. The average molecular weight is 222 g/mol. The quantitative estimate of drug-likeness (QED) is 0.433. The molecule has 0 radical (unpaired) electrons. The number of nitrogens with zero attached hydrogens (tertiary/aromatic N) is 2. The van der Waals surface area contributed by atoms with E-state index in [0.717, 1.165) is 16.8 Å². The van der Waals surface area contributed by atoms with Gasteiger partial charge in [-0.05, 0) is 11.1 Å². The Kier molecular flexibility index (Phi) is 3.85. The molecule has 17 heavy (non-hydrogen) atoms. The summed E-state index contributed by atoms with van der Waals surface area (Å²) in [6.07, 6.45) is 1.37. The lowest BCUT2D eigenvalue weighted by molar-refractivity contribution is -0.00977. The molecule has 2 heteroatoms. The molecule has 0 spiro atoms. The first-order chi connectivity index (χ1) is 8.38. The molecule has 0 N–H and O–H groups in total. The van der Waals surface area contributed by atoms with E-state index in [2.05, 4.69) is 4.79 Å². The Labute approximate surface area is 101 Å². The number of hydrogen-bond donors (Lipinski definition) is 0. The second kappa shape index (κ2) is 5.78. The van der Waals surface area contributed by atoms with Crippen LogP contribution >= 0.6 is 0 Å². The van der Waals surface area contributed by atoms with E-state index >= 15 is 0 Å². The molecule has 0 bridgehead atoms. The van der Waals surface area contributed by atoms with Crippen molar-refractivity contribution in [1.29, 1.82) is 0 Å². The van der Waals surface area contributed by atoms with Crippen LogP contribution in [0.5, 0.6) is 0 Å². The maximum Gasteiger partial charge on any atom is 0.277 e. The summed E-state index contributed by atoms with van der Waals surface area (Å²) in [7, 11) is 0. The Morgan fingerprint density at radius 2 is 1.18 bits per heavy atom. The molecule has 0 heterocycles. The highest BCUT2D eigenvalue weighted by molar-refractivity contribution is 5.83. The largest absolute Gasteiger partial charge is 0.362 e. The third kappa shape index (κ3) is 3.40. The fourth-order valence-electron chi connectivity index (χ4n) is 1.80. The second-order valence-electron chi connectivity index (χ2n) is 3.99. The summed E-state index contributed by atoms with van der Waals surface area (Å²) in [6, 6.07) is 20.1. The smallest absolute Gasteiger partial charge is 0.277 e. The predicted octanol–water partition coefficient (Wildman–Crippen LogP) is 3.14. The van der Waals surface area contributed by atoms with Crippen LogP contribution in [0.3, 0.4) is 0 Å².